The van der Waals surface area contributed by atoms with Crippen molar-refractivity contribution >= 4 is 23.0 Å². The van der Waals surface area contributed by atoms with Crippen LogP contribution in [0.15, 0.2) is 36.9 Å². The number of carbonyl (C=O) groups excluding carboxylic acids is 1. The number of aliphatic hydroxyl groups excluding tert-OH is 2. The lowest BCUT2D eigenvalue weighted by Gasteiger charge is -2.18. The molecule has 0 saturated carbocycles. The second-order valence-electron chi connectivity index (χ2n) is 7.48. The molecule has 11 heteroatoms. The number of aromatic nitrogens is 4. The number of imidazole rings is 1. The summed E-state index contributed by atoms with van der Waals surface area (Å²) in [5.41, 5.74) is 1.72. The van der Waals surface area contributed by atoms with Crippen LogP contribution in [-0.4, -0.2) is 72.3 Å². The Morgan fingerprint density at radius 2 is 2.09 bits per heavy atom. The maximum absolute atomic E-state index is 12.6. The van der Waals surface area contributed by atoms with Crippen LogP contribution in [0.25, 0.3) is 11.2 Å². The topological polar surface area (TPSA) is 152 Å². The van der Waals surface area contributed by atoms with E-state index < -0.39 is 30.4 Å². The van der Waals surface area contributed by atoms with Gasteiger partial charge in [-0.15, -0.1) is 0 Å². The molecule has 0 aliphatic carbocycles. The van der Waals surface area contributed by atoms with Gasteiger partial charge in [-0.3, -0.25) is 4.57 Å². The number of aromatic hydroxyl groups is 1. The lowest BCUT2D eigenvalue weighted by Crippen LogP contribution is -2.34. The summed E-state index contributed by atoms with van der Waals surface area (Å²) in [5.74, 6) is 0.0442. The number of nitrogens with zero attached hydrogens (tertiary/aromatic N) is 4. The van der Waals surface area contributed by atoms with E-state index in [-0.39, 0.29) is 25.4 Å². The van der Waals surface area contributed by atoms with E-state index in [4.69, 9.17) is 9.47 Å². The van der Waals surface area contributed by atoms with Crippen LogP contribution in [-0.2, 0) is 20.7 Å². The number of ether oxygens (including phenoxy) is 2. The molecular weight excluding hydrogens is 418 g/mol. The van der Waals surface area contributed by atoms with Crippen molar-refractivity contribution in [3.63, 3.8) is 0 Å². The van der Waals surface area contributed by atoms with Gasteiger partial charge in [0.15, 0.2) is 17.0 Å². The number of rotatable bonds is 8. The predicted octanol–water partition coefficient (Wildman–Crippen LogP) is 0.759. The van der Waals surface area contributed by atoms with E-state index in [1.165, 1.54) is 12.7 Å². The van der Waals surface area contributed by atoms with Gasteiger partial charge in [-0.25, -0.2) is 19.7 Å². The molecule has 4 N–H and O–H groups in total. The molecule has 0 radical (unpaired) electrons. The highest BCUT2D eigenvalue weighted by atomic mass is 16.5. The first-order valence-corrected chi connectivity index (χ1v) is 10.3. The number of hydrogen-bond donors (Lipinski definition) is 4. The highest BCUT2D eigenvalue weighted by Crippen LogP contribution is 2.31. The molecule has 0 bridgehead atoms. The van der Waals surface area contributed by atoms with Crippen molar-refractivity contribution < 1.29 is 29.6 Å². The van der Waals surface area contributed by atoms with Crippen LogP contribution in [0.5, 0.6) is 5.75 Å². The summed E-state index contributed by atoms with van der Waals surface area (Å²) in [6.45, 7) is 1.67. The van der Waals surface area contributed by atoms with Gasteiger partial charge in [0.2, 0.25) is 0 Å². The van der Waals surface area contributed by atoms with Crippen LogP contribution in [0.1, 0.15) is 25.1 Å². The fourth-order valence-corrected chi connectivity index (χ4v) is 3.69. The molecule has 0 amide bonds. The molecule has 2 aromatic heterocycles. The lowest BCUT2D eigenvalue weighted by atomic mass is 10.1. The Balaban J connectivity index is 1.60. The Kier molecular flexibility index (Phi) is 6.49. The number of fused-ring (bicyclic) bond motifs is 1. The second kappa shape index (κ2) is 9.47. The van der Waals surface area contributed by atoms with Gasteiger partial charge in [0.25, 0.3) is 0 Å². The molecule has 11 nitrogen and oxygen atoms in total. The van der Waals surface area contributed by atoms with Gasteiger partial charge in [-0.2, -0.15) is 0 Å². The standard InChI is InChI=1S/C21H25N5O6/c1-2-31-21(30)14(7-12-3-5-13(28)6-4-12)25-19-18-20(23-10-22-19)26(11-24-18)17-8-15(29)16(9-27)32-17/h3-6,10-11,14-17,27-29H,2,7-9H2,1H3,(H,22,23,25)/t14-,15?,16+,17+/m0/s1. The smallest absolute Gasteiger partial charge is 0.328 e. The van der Waals surface area contributed by atoms with E-state index in [1.54, 1.807) is 35.8 Å². The first-order valence-electron chi connectivity index (χ1n) is 10.3. The summed E-state index contributed by atoms with van der Waals surface area (Å²) in [5, 5.41) is 32.0. The lowest BCUT2D eigenvalue weighted by molar-refractivity contribution is -0.144. The fourth-order valence-electron chi connectivity index (χ4n) is 3.69. The quantitative estimate of drug-likeness (QED) is 0.367. The number of phenols is 1. The first-order chi connectivity index (χ1) is 15.5. The van der Waals surface area contributed by atoms with Crippen molar-refractivity contribution in [1.29, 1.82) is 0 Å². The van der Waals surface area contributed by atoms with E-state index in [1.807, 2.05) is 0 Å². The van der Waals surface area contributed by atoms with Crippen LogP contribution < -0.4 is 5.32 Å². The predicted molar refractivity (Wildman–Crippen MR) is 113 cm³/mol. The Morgan fingerprint density at radius 3 is 2.78 bits per heavy atom. The molecule has 3 heterocycles. The van der Waals surface area contributed by atoms with Crippen molar-refractivity contribution in [2.75, 3.05) is 18.5 Å². The molecule has 32 heavy (non-hydrogen) atoms. The summed E-state index contributed by atoms with van der Waals surface area (Å²) in [6.07, 6.45) is 1.47. The van der Waals surface area contributed by atoms with E-state index in [9.17, 15) is 20.1 Å². The van der Waals surface area contributed by atoms with Crippen molar-refractivity contribution in [2.45, 2.75) is 44.2 Å². The van der Waals surface area contributed by atoms with Gasteiger partial charge in [0.05, 0.1) is 25.6 Å². The van der Waals surface area contributed by atoms with Crippen LogP contribution in [0.2, 0.25) is 0 Å². The zero-order valence-corrected chi connectivity index (χ0v) is 17.5. The van der Waals surface area contributed by atoms with Crippen LogP contribution in [0.4, 0.5) is 5.82 Å². The zero-order chi connectivity index (χ0) is 22.7. The van der Waals surface area contributed by atoms with Gasteiger partial charge in [0, 0.05) is 12.8 Å². The number of nitrogens with one attached hydrogen (secondary N) is 1. The zero-order valence-electron chi connectivity index (χ0n) is 17.5. The number of aliphatic hydroxyl groups is 2. The minimum atomic E-state index is -0.791. The summed E-state index contributed by atoms with van der Waals surface area (Å²) in [4.78, 5) is 25.5. The summed E-state index contributed by atoms with van der Waals surface area (Å²) >= 11 is 0. The van der Waals surface area contributed by atoms with Crippen molar-refractivity contribution in [3.05, 3.63) is 42.5 Å². The van der Waals surface area contributed by atoms with Crippen molar-refractivity contribution in [3.8, 4) is 5.75 Å². The van der Waals surface area contributed by atoms with E-state index in [2.05, 4.69) is 20.3 Å². The number of esters is 1. The van der Waals surface area contributed by atoms with E-state index in [0.717, 1.165) is 5.56 Å². The highest BCUT2D eigenvalue weighted by Gasteiger charge is 2.35. The van der Waals surface area contributed by atoms with E-state index >= 15 is 0 Å². The largest absolute Gasteiger partial charge is 0.508 e. The number of benzene rings is 1. The molecule has 3 aromatic rings. The number of hydrogen-bond acceptors (Lipinski definition) is 10. The molecule has 1 aromatic carbocycles. The number of carbonyl (C=O) groups is 1. The third kappa shape index (κ3) is 4.49. The third-order valence-corrected chi connectivity index (χ3v) is 5.31. The molecule has 1 saturated heterocycles. The number of phenolic OH excluding ortho intramolecular Hbond substituents is 1. The van der Waals surface area contributed by atoms with Gasteiger partial charge in [-0.1, -0.05) is 12.1 Å². The minimum absolute atomic E-state index is 0.139. The van der Waals surface area contributed by atoms with Crippen molar-refractivity contribution in [1.82, 2.24) is 19.5 Å². The average molecular weight is 443 g/mol. The molecule has 1 aliphatic heterocycles. The van der Waals surface area contributed by atoms with Gasteiger partial charge < -0.3 is 30.1 Å². The van der Waals surface area contributed by atoms with Gasteiger partial charge in [0.1, 0.15) is 30.5 Å². The fraction of sp³-hybridized carbons (Fsp3) is 0.429. The van der Waals surface area contributed by atoms with E-state index in [0.29, 0.717) is 23.4 Å². The average Bonchev–Trinajstić information content (AvgIpc) is 3.38. The van der Waals surface area contributed by atoms with Gasteiger partial charge >= 0.3 is 5.97 Å². The summed E-state index contributed by atoms with van der Waals surface area (Å²) in [6, 6.07) is 5.82. The van der Waals surface area contributed by atoms with Crippen LogP contribution in [0, 0.1) is 0 Å². The Hall–Kier alpha value is -3.28. The van der Waals surface area contributed by atoms with Crippen LogP contribution >= 0.6 is 0 Å². The highest BCUT2D eigenvalue weighted by molar-refractivity contribution is 5.86. The molecular formula is C21H25N5O6. The number of anilines is 1. The molecule has 170 valence electrons. The van der Waals surface area contributed by atoms with Gasteiger partial charge in [-0.05, 0) is 24.6 Å². The molecule has 1 fully saturated rings. The SMILES string of the molecule is CCOC(=O)[C@H](Cc1ccc(O)cc1)Nc1ncnc2c1ncn2[C@H]1CC(O)[C@@H](CO)O1. The molecule has 1 aliphatic rings. The first kappa shape index (κ1) is 21.9. The second-order valence-corrected chi connectivity index (χ2v) is 7.48. The van der Waals surface area contributed by atoms with Crippen LogP contribution in [0.3, 0.4) is 0 Å². The Bertz CT molecular complexity index is 1070. The molecule has 1 unspecified atom stereocenters. The molecule has 4 atom stereocenters. The maximum atomic E-state index is 12.6. The summed E-state index contributed by atoms with van der Waals surface area (Å²) in [7, 11) is 0. The van der Waals surface area contributed by atoms with Crippen molar-refractivity contribution in [2.24, 2.45) is 0 Å². The normalized spacial score (nSPS) is 21.5. The summed E-state index contributed by atoms with van der Waals surface area (Å²) < 4.78 is 12.6. The monoisotopic (exact) mass is 443 g/mol. The Morgan fingerprint density at radius 1 is 1.31 bits per heavy atom. The third-order valence-electron chi connectivity index (χ3n) is 5.31. The molecule has 0 spiro atoms. The molecule has 4 rings (SSSR count). The maximum Gasteiger partial charge on any atom is 0.328 e. The minimum Gasteiger partial charge on any atom is -0.508 e. The Labute approximate surface area is 183 Å².